The molecule has 0 bridgehead atoms. The average molecular weight is 1170 g/mol. The third-order valence-corrected chi connectivity index (χ3v) is 10.7. The van der Waals surface area contributed by atoms with E-state index >= 15 is 0 Å². The highest BCUT2D eigenvalue weighted by atomic mass is 14.8. The van der Waals surface area contributed by atoms with E-state index in [4.69, 9.17) is 16.9 Å². The molecule has 0 amide bonds. The molecule has 0 aliphatic carbocycles. The highest BCUT2D eigenvalue weighted by Crippen LogP contribution is 2.24. The zero-order valence-corrected chi connectivity index (χ0v) is 56.8. The van der Waals surface area contributed by atoms with Crippen LogP contribution in [0.5, 0.6) is 0 Å². The van der Waals surface area contributed by atoms with Crippen molar-refractivity contribution in [2.75, 3.05) is 0 Å². The van der Waals surface area contributed by atoms with E-state index in [1.165, 1.54) is 6.20 Å². The SMILES string of the molecule is C#Cc1cnc(CC(C)(C)C)cn1.CC(C)(C)Cc1cncc(C#N)n1.CC(C)(C)Cc1cnccn1.CC(C)(C)Cc1nccnc1C#N.Cc1cnc(CC(C)(C)C)cn1.Cc1cncc(CC(C)(C)C)n1.Cc1nccnc1CC(C)(C)C. The van der Waals surface area contributed by atoms with Crippen LogP contribution in [0.15, 0.2) is 93.0 Å². The Hall–Kier alpha value is -7.90. The van der Waals surface area contributed by atoms with Crippen molar-refractivity contribution in [3.63, 3.8) is 0 Å². The molecule has 0 aromatic carbocycles. The third-order valence-electron chi connectivity index (χ3n) is 10.7. The van der Waals surface area contributed by atoms with Gasteiger partial charge in [0.15, 0.2) is 11.4 Å². The first-order valence-electron chi connectivity index (χ1n) is 29.3. The molecule has 7 rings (SSSR count). The summed E-state index contributed by atoms with van der Waals surface area (Å²) in [5, 5.41) is 17.4. The van der Waals surface area contributed by atoms with E-state index < -0.39 is 0 Å². The highest BCUT2D eigenvalue weighted by Gasteiger charge is 2.18. The minimum Gasteiger partial charge on any atom is -0.261 e. The minimum absolute atomic E-state index is 0.141. The first-order chi connectivity index (χ1) is 39.6. The van der Waals surface area contributed by atoms with Crippen LogP contribution in [0.4, 0.5) is 0 Å². The van der Waals surface area contributed by atoms with E-state index in [2.05, 4.69) is 221 Å². The summed E-state index contributed by atoms with van der Waals surface area (Å²) in [6.45, 7) is 51.6. The van der Waals surface area contributed by atoms with Crippen molar-refractivity contribution < 1.29 is 0 Å². The summed E-state index contributed by atoms with van der Waals surface area (Å²) in [5.41, 5.74) is 13.2. The van der Waals surface area contributed by atoms with Crippen molar-refractivity contribution in [3.8, 4) is 24.5 Å². The van der Waals surface area contributed by atoms with Crippen LogP contribution >= 0.6 is 0 Å². The summed E-state index contributed by atoms with van der Waals surface area (Å²) in [4.78, 5) is 58.2. The predicted molar refractivity (Wildman–Crippen MR) is 348 cm³/mol. The smallest absolute Gasteiger partial charge is 0.161 e. The topological polar surface area (TPSA) is 228 Å². The number of hydrogen-bond donors (Lipinski definition) is 0. The summed E-state index contributed by atoms with van der Waals surface area (Å²) in [6.07, 6.45) is 37.5. The van der Waals surface area contributed by atoms with Gasteiger partial charge in [-0.3, -0.25) is 54.8 Å². The molecular formula is C70H102N16. The summed E-state index contributed by atoms with van der Waals surface area (Å²) in [7, 11) is 0. The molecule has 0 unspecified atom stereocenters. The molecule has 0 saturated heterocycles. The maximum atomic E-state index is 8.76. The average Bonchev–Trinajstić information content (AvgIpc) is 3.61. The van der Waals surface area contributed by atoms with Gasteiger partial charge in [0.25, 0.3) is 0 Å². The summed E-state index contributed by atoms with van der Waals surface area (Å²) in [6, 6.07) is 4.02. The molecule has 7 aromatic rings. The van der Waals surface area contributed by atoms with Crippen molar-refractivity contribution in [2.24, 2.45) is 37.9 Å². The van der Waals surface area contributed by atoms with E-state index in [9.17, 15) is 0 Å². The molecule has 16 heteroatoms. The van der Waals surface area contributed by atoms with Gasteiger partial charge in [0.2, 0.25) is 0 Å². The maximum absolute atomic E-state index is 8.76. The summed E-state index contributed by atoms with van der Waals surface area (Å²) >= 11 is 0. The largest absolute Gasteiger partial charge is 0.261 e. The number of terminal acetylenes is 1. The second-order valence-electron chi connectivity index (χ2n) is 29.8. The third kappa shape index (κ3) is 40.4. The van der Waals surface area contributed by atoms with Crippen molar-refractivity contribution in [1.82, 2.24) is 69.8 Å². The molecule has 0 saturated carbocycles. The highest BCUT2D eigenvalue weighted by molar-refractivity contribution is 5.25. The lowest BCUT2D eigenvalue weighted by molar-refractivity contribution is 0.404. The molecule has 16 nitrogen and oxygen atoms in total. The molecule has 0 fully saturated rings. The second-order valence-corrected chi connectivity index (χ2v) is 29.8. The van der Waals surface area contributed by atoms with Gasteiger partial charge in [0.05, 0.1) is 69.3 Å². The molecule has 0 atom stereocenters. The number of aryl methyl sites for hydroxylation is 3. The lowest BCUT2D eigenvalue weighted by atomic mass is 9.90. The molecule has 0 N–H and O–H groups in total. The zero-order valence-electron chi connectivity index (χ0n) is 56.8. The quantitative estimate of drug-likeness (QED) is 0.135. The number of rotatable bonds is 7. The van der Waals surface area contributed by atoms with Crippen molar-refractivity contribution in [2.45, 2.75) is 211 Å². The van der Waals surface area contributed by atoms with Gasteiger partial charge in [-0.1, -0.05) is 145 Å². The molecule has 0 spiro atoms. The van der Waals surface area contributed by atoms with Crippen LogP contribution in [-0.2, 0) is 44.9 Å². The Morgan fingerprint density at radius 3 is 1.14 bits per heavy atom. The van der Waals surface area contributed by atoms with E-state index in [1.54, 1.807) is 62.0 Å². The molecular weight excluding hydrogens is 1060 g/mol. The first kappa shape index (κ1) is 76.1. The molecule has 7 aromatic heterocycles. The van der Waals surface area contributed by atoms with Gasteiger partial charge >= 0.3 is 0 Å². The van der Waals surface area contributed by atoms with E-state index in [0.717, 1.165) is 102 Å². The van der Waals surface area contributed by atoms with Gasteiger partial charge in [-0.25, -0.2) is 15.0 Å². The van der Waals surface area contributed by atoms with E-state index in [-0.39, 0.29) is 16.2 Å². The Morgan fingerprint density at radius 2 is 0.733 bits per heavy atom. The lowest BCUT2D eigenvalue weighted by Gasteiger charge is -2.17. The molecule has 0 aliphatic heterocycles. The van der Waals surface area contributed by atoms with Crippen LogP contribution in [0.3, 0.4) is 0 Å². The molecule has 0 radical (unpaired) electrons. The Kier molecular flexibility index (Phi) is 31.4. The van der Waals surface area contributed by atoms with Crippen LogP contribution in [0.1, 0.15) is 219 Å². The van der Waals surface area contributed by atoms with Crippen LogP contribution in [-0.4, -0.2) is 69.8 Å². The fraction of sp³-hybridized carbons (Fsp3) is 0.543. The van der Waals surface area contributed by atoms with Gasteiger partial charge in [-0.15, -0.1) is 6.42 Å². The predicted octanol–water partition coefficient (Wildman–Crippen LogP) is 15.1. The zero-order chi connectivity index (χ0) is 65.6. The Morgan fingerprint density at radius 1 is 0.326 bits per heavy atom. The Balaban J connectivity index is 0.000000502. The number of nitriles is 2. The van der Waals surface area contributed by atoms with E-state index in [0.29, 0.717) is 38.7 Å². The number of aromatic nitrogens is 14. The number of hydrogen-bond acceptors (Lipinski definition) is 16. The molecule has 0 aliphatic rings. The standard InChI is InChI=1S/C11H14N2.2C10H13N3.3C10H16N2.C9H14N2/c1-5-9-7-13-10(8-12-9)6-11(2,3)4;1-10(2,3)4-8-6-12-7-9(5-11)13-8;1-10(2,3)6-8-9(7-11)13-5-4-12-8;1-8-6-12-9(7-11-8)5-10(2,3)4;1-8-6-11-7-9(12-8)5-10(2,3)4;1-8-9(7-10(2,3)4)12-6-5-11-8;1-9(2,3)6-8-7-10-4-5-11-8/h1,7-8H,6H2,2-4H3;6-7H,4H2,1-3H3;4-5H,6H2,1-3H3;2*6-7H,5H2,1-4H3;5-6H,7H2,1-4H3;4-5,7H,6H2,1-3H3. The second kappa shape index (κ2) is 35.5. The normalized spacial score (nSPS) is 11.3. The molecule has 7 heterocycles. The van der Waals surface area contributed by atoms with Crippen molar-refractivity contribution in [3.05, 3.63) is 167 Å². The summed E-state index contributed by atoms with van der Waals surface area (Å²) < 4.78 is 0. The van der Waals surface area contributed by atoms with Gasteiger partial charge in [-0.2, -0.15) is 10.5 Å². The van der Waals surface area contributed by atoms with Gasteiger partial charge in [0, 0.05) is 80.6 Å². The van der Waals surface area contributed by atoms with E-state index in [1.807, 2.05) is 57.7 Å². The molecule has 86 heavy (non-hydrogen) atoms. The fourth-order valence-corrected chi connectivity index (χ4v) is 7.52. The lowest BCUT2D eigenvalue weighted by Crippen LogP contribution is -2.12. The van der Waals surface area contributed by atoms with Crippen LogP contribution in [0.25, 0.3) is 0 Å². The Labute approximate surface area is 518 Å². The maximum Gasteiger partial charge on any atom is 0.161 e. The van der Waals surface area contributed by atoms with Gasteiger partial charge < -0.3 is 0 Å². The Bertz CT molecular complexity index is 3160. The van der Waals surface area contributed by atoms with Gasteiger partial charge in [-0.05, 0) is 110 Å². The first-order valence-corrected chi connectivity index (χ1v) is 29.3. The van der Waals surface area contributed by atoms with Crippen LogP contribution in [0, 0.1) is 93.7 Å². The number of nitrogens with zero attached hydrogens (tertiary/aromatic N) is 16. The fourth-order valence-electron chi connectivity index (χ4n) is 7.52. The monoisotopic (exact) mass is 1170 g/mol. The van der Waals surface area contributed by atoms with Crippen LogP contribution < -0.4 is 0 Å². The molecule has 462 valence electrons. The summed E-state index contributed by atoms with van der Waals surface area (Å²) in [5.74, 6) is 2.44. The van der Waals surface area contributed by atoms with Gasteiger partial charge in [0.1, 0.15) is 17.8 Å². The van der Waals surface area contributed by atoms with Crippen molar-refractivity contribution in [1.29, 1.82) is 10.5 Å². The van der Waals surface area contributed by atoms with Crippen LogP contribution in [0.2, 0.25) is 0 Å². The minimum atomic E-state index is 0.141. The van der Waals surface area contributed by atoms with Crippen molar-refractivity contribution >= 4 is 0 Å².